The van der Waals surface area contributed by atoms with Gasteiger partial charge >= 0.3 is 0 Å². The molecule has 0 bridgehead atoms. The second-order valence-electron chi connectivity index (χ2n) is 10.00. The summed E-state index contributed by atoms with van der Waals surface area (Å²) in [4.78, 5) is 56.0. The van der Waals surface area contributed by atoms with Crippen molar-refractivity contribution in [3.05, 3.63) is 80.6 Å². The number of amides is 2. The van der Waals surface area contributed by atoms with Crippen molar-refractivity contribution in [1.29, 1.82) is 0 Å². The number of hydrogen-bond donors (Lipinski definition) is 1. The Hall–Kier alpha value is -3.78. The van der Waals surface area contributed by atoms with Crippen LogP contribution in [0.1, 0.15) is 36.1 Å². The van der Waals surface area contributed by atoms with Crippen LogP contribution in [0.3, 0.4) is 0 Å². The fourth-order valence-electron chi connectivity index (χ4n) is 6.39. The predicted molar refractivity (Wildman–Crippen MR) is 136 cm³/mol. The van der Waals surface area contributed by atoms with Crippen LogP contribution in [0.5, 0.6) is 11.5 Å². The lowest BCUT2D eigenvalue weighted by Gasteiger charge is -2.42. The van der Waals surface area contributed by atoms with Crippen molar-refractivity contribution >= 4 is 34.7 Å². The number of imide groups is 1. The van der Waals surface area contributed by atoms with Crippen LogP contribution in [0, 0.1) is 17.8 Å². The summed E-state index contributed by atoms with van der Waals surface area (Å²) in [6.07, 6.45) is 3.88. The Kier molecular flexibility index (Phi) is 5.53. The van der Waals surface area contributed by atoms with Crippen molar-refractivity contribution in [2.24, 2.45) is 17.8 Å². The number of likely N-dealkylation sites (tertiary alicyclic amines) is 1. The summed E-state index contributed by atoms with van der Waals surface area (Å²) in [5.74, 6) is -2.71. The van der Waals surface area contributed by atoms with Crippen molar-refractivity contribution in [2.45, 2.75) is 32.2 Å². The van der Waals surface area contributed by atoms with E-state index in [-0.39, 0.29) is 42.1 Å². The van der Waals surface area contributed by atoms with Gasteiger partial charge in [0.15, 0.2) is 11.6 Å². The number of aromatic hydroxyl groups is 1. The van der Waals surface area contributed by atoms with Crippen LogP contribution in [0.4, 0.5) is 0 Å². The van der Waals surface area contributed by atoms with Crippen LogP contribution in [-0.2, 0) is 25.7 Å². The van der Waals surface area contributed by atoms with Crippen LogP contribution in [0.2, 0.25) is 0 Å². The predicted octanol–water partition coefficient (Wildman–Crippen LogP) is 4.09. The Morgan fingerprint density at radius 3 is 2.65 bits per heavy atom. The first-order chi connectivity index (χ1) is 17.8. The van der Waals surface area contributed by atoms with Crippen molar-refractivity contribution in [2.75, 3.05) is 7.11 Å². The number of benzene rings is 1. The summed E-state index contributed by atoms with van der Waals surface area (Å²) >= 11 is 1.49. The molecular weight excluding hydrogens is 490 g/mol. The van der Waals surface area contributed by atoms with Gasteiger partial charge in [-0.2, -0.15) is 0 Å². The second kappa shape index (κ2) is 8.66. The maximum atomic E-state index is 13.7. The van der Waals surface area contributed by atoms with Crippen LogP contribution < -0.4 is 4.74 Å². The third-order valence-corrected chi connectivity index (χ3v) is 8.96. The van der Waals surface area contributed by atoms with Gasteiger partial charge in [-0.3, -0.25) is 24.1 Å². The van der Waals surface area contributed by atoms with Gasteiger partial charge in [-0.15, -0.1) is 11.3 Å². The molecule has 7 nitrogen and oxygen atoms in total. The van der Waals surface area contributed by atoms with Crippen LogP contribution in [0.25, 0.3) is 0 Å². The molecule has 4 atom stereocenters. The van der Waals surface area contributed by atoms with Gasteiger partial charge in [0.25, 0.3) is 0 Å². The Labute approximate surface area is 217 Å². The number of carbonyl (C=O) groups excluding carboxylic acids is 4. The van der Waals surface area contributed by atoms with Crippen molar-refractivity contribution in [3.8, 4) is 11.5 Å². The van der Waals surface area contributed by atoms with E-state index in [0.29, 0.717) is 34.5 Å². The summed E-state index contributed by atoms with van der Waals surface area (Å²) in [6.45, 7) is 1.85. The number of fused-ring (bicyclic) bond motifs is 3. The van der Waals surface area contributed by atoms with E-state index in [9.17, 15) is 24.3 Å². The lowest BCUT2D eigenvalue weighted by Crippen LogP contribution is -2.39. The van der Waals surface area contributed by atoms with Gasteiger partial charge in [-0.1, -0.05) is 17.7 Å². The summed E-state index contributed by atoms with van der Waals surface area (Å²) in [7, 11) is 1.52. The average molecular weight is 516 g/mol. The Morgan fingerprint density at radius 2 is 1.92 bits per heavy atom. The number of methoxy groups -OCH3 is 1. The normalized spacial score (nSPS) is 27.0. The molecule has 1 aromatic carbocycles. The van der Waals surface area contributed by atoms with Crippen molar-refractivity contribution < 1.29 is 29.0 Å². The van der Waals surface area contributed by atoms with Gasteiger partial charge in [0.1, 0.15) is 11.5 Å². The van der Waals surface area contributed by atoms with Gasteiger partial charge in [-0.05, 0) is 61.4 Å². The largest absolute Gasteiger partial charge is 0.508 e. The summed E-state index contributed by atoms with van der Waals surface area (Å²) in [6, 6.07) is 8.60. The van der Waals surface area contributed by atoms with E-state index in [1.54, 1.807) is 19.1 Å². The minimum Gasteiger partial charge on any atom is -0.508 e. The number of phenols is 1. The quantitative estimate of drug-likeness (QED) is 0.374. The SMILES string of the molecule is COc1ccc(O)c([C@H]2C3=CC[C@@H]4C(=O)N(Cc5cccs5)C(=O)[C@@H]4[C@@H]3CC3=C2C(=O)C(C)=CC3=O)c1. The molecule has 188 valence electrons. The standard InChI is InChI=1S/C29H25NO6S/c1-14-10-23(32)21-12-19-17(24(26(21)27(14)33)20-11-15(36-2)5-8-22(20)31)6-7-18-25(19)29(35)30(28(18)34)13-16-4-3-9-37-16/h3-6,8-11,18-19,24-25,31H,7,12-13H2,1-2H3/t18-,19+,24+,25-/m0/s1. The molecule has 0 unspecified atom stereocenters. The van der Waals surface area contributed by atoms with Gasteiger partial charge < -0.3 is 9.84 Å². The molecule has 2 aromatic rings. The number of hydrogen-bond acceptors (Lipinski definition) is 7. The number of Topliss-reactive ketones (excluding diaryl/α,β-unsaturated/α-hetero) is 1. The van der Waals surface area contributed by atoms with Crippen LogP contribution in [-0.4, -0.2) is 40.5 Å². The molecule has 0 radical (unpaired) electrons. The van der Waals surface area contributed by atoms with E-state index in [2.05, 4.69) is 0 Å². The van der Waals surface area contributed by atoms with Crippen LogP contribution >= 0.6 is 11.3 Å². The summed E-state index contributed by atoms with van der Waals surface area (Å²) in [5, 5.41) is 12.8. The summed E-state index contributed by atoms with van der Waals surface area (Å²) in [5.41, 5.74) is 2.31. The molecule has 1 aliphatic heterocycles. The van der Waals surface area contributed by atoms with E-state index in [4.69, 9.17) is 4.74 Å². The number of thiophene rings is 1. The molecule has 2 heterocycles. The zero-order valence-electron chi connectivity index (χ0n) is 20.4. The maximum absolute atomic E-state index is 13.7. The molecule has 3 aliphatic carbocycles. The third kappa shape index (κ3) is 3.54. The van der Waals surface area contributed by atoms with Crippen molar-refractivity contribution in [3.63, 3.8) is 0 Å². The average Bonchev–Trinajstić information content (AvgIpc) is 3.49. The molecule has 0 saturated carbocycles. The minimum atomic E-state index is -0.709. The van der Waals surface area contributed by atoms with E-state index in [1.807, 2.05) is 23.6 Å². The van der Waals surface area contributed by atoms with E-state index < -0.39 is 23.7 Å². The Morgan fingerprint density at radius 1 is 1.11 bits per heavy atom. The molecule has 8 heteroatoms. The van der Waals surface area contributed by atoms with Crippen LogP contribution in [0.15, 0.2) is 70.2 Å². The number of rotatable bonds is 4. The first-order valence-electron chi connectivity index (χ1n) is 12.2. The molecule has 37 heavy (non-hydrogen) atoms. The highest BCUT2D eigenvalue weighted by Gasteiger charge is 2.56. The second-order valence-corrected chi connectivity index (χ2v) is 11.0. The molecule has 6 rings (SSSR count). The van der Waals surface area contributed by atoms with Crippen molar-refractivity contribution in [1.82, 2.24) is 4.90 Å². The van der Waals surface area contributed by atoms with E-state index in [1.165, 1.54) is 35.5 Å². The van der Waals surface area contributed by atoms with E-state index in [0.717, 1.165) is 10.5 Å². The zero-order valence-corrected chi connectivity index (χ0v) is 21.2. The number of phenolic OH excluding ortho intramolecular Hbond substituents is 1. The molecular formula is C29H25NO6S. The lowest BCUT2D eigenvalue weighted by atomic mass is 9.59. The molecule has 4 aliphatic rings. The highest BCUT2D eigenvalue weighted by Crippen LogP contribution is 2.56. The monoisotopic (exact) mass is 515 g/mol. The zero-order chi connectivity index (χ0) is 26.0. The fraction of sp³-hybridized carbons (Fsp3) is 0.310. The first kappa shape index (κ1) is 23.6. The third-order valence-electron chi connectivity index (χ3n) is 8.10. The van der Waals surface area contributed by atoms with Gasteiger partial charge in [0, 0.05) is 33.1 Å². The maximum Gasteiger partial charge on any atom is 0.234 e. The molecule has 1 N–H and O–H groups in total. The smallest absolute Gasteiger partial charge is 0.234 e. The number of ether oxygens (including phenoxy) is 1. The Bertz CT molecular complexity index is 1460. The number of carbonyl (C=O) groups is 4. The molecule has 1 aromatic heterocycles. The fourth-order valence-corrected chi connectivity index (χ4v) is 7.08. The molecule has 1 fully saturated rings. The number of ketones is 2. The Balaban J connectivity index is 1.48. The molecule has 1 saturated heterocycles. The highest BCUT2D eigenvalue weighted by atomic mass is 32.1. The molecule has 0 spiro atoms. The number of allylic oxidation sites excluding steroid dienone is 6. The van der Waals surface area contributed by atoms with Gasteiger partial charge in [0.05, 0.1) is 25.5 Å². The topological polar surface area (TPSA) is 101 Å². The van der Waals surface area contributed by atoms with Gasteiger partial charge in [0.2, 0.25) is 11.8 Å². The highest BCUT2D eigenvalue weighted by molar-refractivity contribution is 7.09. The number of nitrogens with zero attached hydrogens (tertiary/aromatic N) is 1. The first-order valence-corrected chi connectivity index (χ1v) is 13.1. The summed E-state index contributed by atoms with van der Waals surface area (Å²) < 4.78 is 5.39. The molecule has 2 amide bonds. The van der Waals surface area contributed by atoms with E-state index >= 15 is 0 Å². The van der Waals surface area contributed by atoms with Gasteiger partial charge in [-0.25, -0.2) is 0 Å². The minimum absolute atomic E-state index is 0.0260. The lowest BCUT2D eigenvalue weighted by molar-refractivity contribution is -0.140.